The van der Waals surface area contributed by atoms with Crippen molar-refractivity contribution in [3.8, 4) is 0 Å². The summed E-state index contributed by atoms with van der Waals surface area (Å²) in [7, 11) is 0. The van der Waals surface area contributed by atoms with Crippen LogP contribution in [0.2, 0.25) is 5.02 Å². The maximum Gasteiger partial charge on any atom is 0.303 e. The van der Waals surface area contributed by atoms with Gasteiger partial charge in [-0.1, -0.05) is 23.7 Å². The van der Waals surface area contributed by atoms with Gasteiger partial charge in [0.05, 0.1) is 0 Å². The van der Waals surface area contributed by atoms with Gasteiger partial charge in [-0.3, -0.25) is 4.79 Å². The lowest BCUT2D eigenvalue weighted by atomic mass is 9.96. The summed E-state index contributed by atoms with van der Waals surface area (Å²) in [5.41, 5.74) is 8.80. The average Bonchev–Trinajstić information content (AvgIpc) is 2.21. The van der Waals surface area contributed by atoms with E-state index in [1.165, 1.54) is 0 Å². The van der Waals surface area contributed by atoms with Gasteiger partial charge in [-0.2, -0.15) is 0 Å². The van der Waals surface area contributed by atoms with Crippen LogP contribution >= 0.6 is 11.6 Å². The van der Waals surface area contributed by atoms with E-state index in [1.54, 1.807) is 0 Å². The van der Waals surface area contributed by atoms with Crippen molar-refractivity contribution in [1.82, 2.24) is 0 Å². The molecule has 0 amide bonds. The van der Waals surface area contributed by atoms with Crippen LogP contribution in [0.15, 0.2) is 12.1 Å². The van der Waals surface area contributed by atoms with Gasteiger partial charge < -0.3 is 10.8 Å². The highest BCUT2D eigenvalue weighted by molar-refractivity contribution is 6.32. The first-order chi connectivity index (χ1) is 7.43. The van der Waals surface area contributed by atoms with Gasteiger partial charge in [-0.25, -0.2) is 0 Å². The number of halogens is 1. The summed E-state index contributed by atoms with van der Waals surface area (Å²) < 4.78 is 0. The van der Waals surface area contributed by atoms with Gasteiger partial charge in [-0.15, -0.1) is 0 Å². The normalized spacial score (nSPS) is 12.5. The van der Waals surface area contributed by atoms with E-state index in [9.17, 15) is 4.79 Å². The number of carbonyl (C=O) groups is 1. The van der Waals surface area contributed by atoms with Gasteiger partial charge in [-0.05, 0) is 37.0 Å². The molecule has 0 aliphatic carbocycles. The minimum Gasteiger partial charge on any atom is -0.481 e. The molecule has 0 heterocycles. The van der Waals surface area contributed by atoms with Crippen LogP contribution in [0.3, 0.4) is 0 Å². The fourth-order valence-electron chi connectivity index (χ4n) is 1.68. The lowest BCUT2D eigenvalue weighted by Crippen LogP contribution is -2.14. The quantitative estimate of drug-likeness (QED) is 0.852. The van der Waals surface area contributed by atoms with Gasteiger partial charge in [0.25, 0.3) is 0 Å². The molecule has 1 aromatic carbocycles. The molecular weight excluding hydrogens is 226 g/mol. The minimum absolute atomic E-state index is 0.0604. The van der Waals surface area contributed by atoms with Crippen molar-refractivity contribution in [2.24, 2.45) is 5.73 Å². The molecule has 1 atom stereocenters. The number of rotatable bonds is 4. The number of carboxylic acid groups (broad SMARTS) is 1. The summed E-state index contributed by atoms with van der Waals surface area (Å²) in [6.07, 6.45) is 0.463. The van der Waals surface area contributed by atoms with Crippen molar-refractivity contribution in [3.05, 3.63) is 33.8 Å². The van der Waals surface area contributed by atoms with Gasteiger partial charge in [0.2, 0.25) is 0 Å². The van der Waals surface area contributed by atoms with Crippen molar-refractivity contribution in [2.75, 3.05) is 0 Å². The molecule has 0 fully saturated rings. The van der Waals surface area contributed by atoms with E-state index in [0.29, 0.717) is 11.4 Å². The fourth-order valence-corrected chi connectivity index (χ4v) is 2.03. The number of aliphatic carboxylic acids is 1. The second kappa shape index (κ2) is 5.32. The molecule has 0 saturated heterocycles. The molecule has 1 rings (SSSR count). The molecule has 0 aliphatic heterocycles. The lowest BCUT2D eigenvalue weighted by Gasteiger charge is -2.17. The topological polar surface area (TPSA) is 63.3 Å². The van der Waals surface area contributed by atoms with Crippen LogP contribution in [0.5, 0.6) is 0 Å². The van der Waals surface area contributed by atoms with Gasteiger partial charge in [0.15, 0.2) is 0 Å². The first-order valence-electron chi connectivity index (χ1n) is 5.16. The van der Waals surface area contributed by atoms with E-state index >= 15 is 0 Å². The Labute approximate surface area is 100 Å². The summed E-state index contributed by atoms with van der Waals surface area (Å²) in [4.78, 5) is 10.5. The Kier molecular flexibility index (Phi) is 4.33. The summed E-state index contributed by atoms with van der Waals surface area (Å²) in [6, 6.07) is 3.57. The standard InChI is InChI=1S/C12H16ClNO2/c1-7-3-4-8(2)12(13)11(7)9(14)5-6-10(15)16/h3-4,9H,5-6,14H2,1-2H3,(H,15,16). The molecular formula is C12H16ClNO2. The third kappa shape index (κ3) is 2.97. The van der Waals surface area contributed by atoms with Gasteiger partial charge in [0.1, 0.15) is 0 Å². The molecule has 0 spiro atoms. The van der Waals surface area contributed by atoms with Crippen LogP contribution in [0.25, 0.3) is 0 Å². The molecule has 0 aromatic heterocycles. The highest BCUT2D eigenvalue weighted by atomic mass is 35.5. The maximum atomic E-state index is 10.5. The molecule has 0 aliphatic rings. The van der Waals surface area contributed by atoms with Crippen molar-refractivity contribution < 1.29 is 9.90 Å². The van der Waals surface area contributed by atoms with Crippen LogP contribution in [0, 0.1) is 13.8 Å². The van der Waals surface area contributed by atoms with E-state index in [-0.39, 0.29) is 12.5 Å². The Bertz CT molecular complexity index is 404. The lowest BCUT2D eigenvalue weighted by molar-refractivity contribution is -0.137. The van der Waals surface area contributed by atoms with E-state index < -0.39 is 5.97 Å². The molecule has 16 heavy (non-hydrogen) atoms. The summed E-state index contributed by atoms with van der Waals surface area (Å²) in [5, 5.41) is 9.26. The first-order valence-corrected chi connectivity index (χ1v) is 5.54. The molecule has 1 unspecified atom stereocenters. The smallest absolute Gasteiger partial charge is 0.303 e. The van der Waals surface area contributed by atoms with E-state index in [1.807, 2.05) is 26.0 Å². The molecule has 1 aromatic rings. The Morgan fingerprint density at radius 3 is 2.56 bits per heavy atom. The second-order valence-electron chi connectivity index (χ2n) is 3.97. The van der Waals surface area contributed by atoms with Crippen LogP contribution < -0.4 is 5.73 Å². The third-order valence-electron chi connectivity index (χ3n) is 2.63. The van der Waals surface area contributed by atoms with Gasteiger partial charge >= 0.3 is 5.97 Å². The molecule has 0 bridgehead atoms. The maximum absolute atomic E-state index is 10.5. The van der Waals surface area contributed by atoms with Crippen molar-refractivity contribution >= 4 is 17.6 Å². The Balaban J connectivity index is 2.94. The molecule has 3 nitrogen and oxygen atoms in total. The SMILES string of the molecule is Cc1ccc(C)c(C(N)CCC(=O)O)c1Cl. The number of hydrogen-bond acceptors (Lipinski definition) is 2. The molecule has 88 valence electrons. The van der Waals surface area contributed by atoms with Crippen molar-refractivity contribution in [1.29, 1.82) is 0 Å². The number of nitrogens with two attached hydrogens (primary N) is 1. The molecule has 3 N–H and O–H groups in total. The van der Waals surface area contributed by atoms with Crippen molar-refractivity contribution in [2.45, 2.75) is 32.7 Å². The fraction of sp³-hybridized carbons (Fsp3) is 0.417. The number of hydrogen-bond donors (Lipinski definition) is 2. The van der Waals surface area contributed by atoms with Crippen molar-refractivity contribution in [3.63, 3.8) is 0 Å². The predicted molar refractivity (Wildman–Crippen MR) is 64.7 cm³/mol. The summed E-state index contributed by atoms with van der Waals surface area (Å²) in [6.45, 7) is 3.84. The van der Waals surface area contributed by atoms with Crippen LogP contribution in [0.1, 0.15) is 35.6 Å². The number of carboxylic acids is 1. The Morgan fingerprint density at radius 2 is 2.00 bits per heavy atom. The van der Waals surface area contributed by atoms with E-state index in [2.05, 4.69) is 0 Å². The Hall–Kier alpha value is -1.06. The highest BCUT2D eigenvalue weighted by Crippen LogP contribution is 2.30. The summed E-state index contributed by atoms with van der Waals surface area (Å²) in [5.74, 6) is -0.836. The summed E-state index contributed by atoms with van der Waals surface area (Å²) >= 11 is 6.18. The molecule has 0 radical (unpaired) electrons. The van der Waals surface area contributed by atoms with Crippen LogP contribution in [-0.4, -0.2) is 11.1 Å². The molecule has 4 heteroatoms. The second-order valence-corrected chi connectivity index (χ2v) is 4.34. The predicted octanol–water partition coefficient (Wildman–Crippen LogP) is 2.82. The van der Waals surface area contributed by atoms with Crippen LogP contribution in [0.4, 0.5) is 0 Å². The zero-order valence-electron chi connectivity index (χ0n) is 9.46. The van der Waals surface area contributed by atoms with E-state index in [4.69, 9.17) is 22.4 Å². The zero-order valence-corrected chi connectivity index (χ0v) is 10.2. The largest absolute Gasteiger partial charge is 0.481 e. The molecule has 0 saturated carbocycles. The Morgan fingerprint density at radius 1 is 1.44 bits per heavy atom. The number of benzene rings is 1. The first kappa shape index (κ1) is 13.0. The minimum atomic E-state index is -0.836. The van der Waals surface area contributed by atoms with E-state index in [0.717, 1.165) is 16.7 Å². The zero-order chi connectivity index (χ0) is 12.3. The monoisotopic (exact) mass is 241 g/mol. The highest BCUT2D eigenvalue weighted by Gasteiger charge is 2.15. The van der Waals surface area contributed by atoms with Gasteiger partial charge in [0, 0.05) is 17.5 Å². The third-order valence-corrected chi connectivity index (χ3v) is 3.13. The average molecular weight is 242 g/mol. The number of aryl methyl sites for hydroxylation is 2. The van der Waals surface area contributed by atoms with Crippen LogP contribution in [-0.2, 0) is 4.79 Å².